The van der Waals surface area contributed by atoms with Gasteiger partial charge in [0.15, 0.2) is 0 Å². The third-order valence-electron chi connectivity index (χ3n) is 5.38. The van der Waals surface area contributed by atoms with Crippen molar-refractivity contribution in [2.45, 2.75) is 31.7 Å². The summed E-state index contributed by atoms with van der Waals surface area (Å²) in [5, 5.41) is 20.3. The van der Waals surface area contributed by atoms with Crippen molar-refractivity contribution in [2.75, 3.05) is 13.7 Å². The number of methoxy groups -OCH3 is 1. The molecule has 168 valence electrons. The minimum Gasteiger partial charge on any atom is -0.507 e. The number of unbranched alkanes of at least 4 members (excludes halogenated alkanes) is 2. The molecular formula is C24H24ClNO6. The Bertz CT molecular complexity index is 1050. The van der Waals surface area contributed by atoms with Crippen molar-refractivity contribution in [1.29, 1.82) is 0 Å². The van der Waals surface area contributed by atoms with Crippen molar-refractivity contribution in [3.05, 3.63) is 70.3 Å². The quantitative estimate of drug-likeness (QED) is 0.250. The number of amides is 1. The summed E-state index contributed by atoms with van der Waals surface area (Å²) in [4.78, 5) is 38.1. The van der Waals surface area contributed by atoms with Gasteiger partial charge in [-0.3, -0.25) is 14.4 Å². The number of rotatable bonds is 9. The van der Waals surface area contributed by atoms with Crippen LogP contribution in [0.4, 0.5) is 0 Å². The van der Waals surface area contributed by atoms with Gasteiger partial charge in [0.2, 0.25) is 0 Å². The van der Waals surface area contributed by atoms with Gasteiger partial charge in [0, 0.05) is 29.1 Å². The number of hydrogen-bond acceptors (Lipinski definition) is 5. The number of Topliss-reactive ketones (excluding diaryl/α,β-unsaturated/α-hetero) is 1. The minimum atomic E-state index is -0.873. The molecule has 1 amide bonds. The standard InChI is InChI=1S/C24H24ClNO6/c1-32-18-8-5-4-7-17(18)21-20(22(29)15-10-12-16(25)13-11-15)23(30)24(31)26(21)14-6-2-3-9-19(27)28/h4-5,7-8,10-13,21,29H,2-3,6,9,14H2,1H3,(H,27,28)/b22-20+. The van der Waals surface area contributed by atoms with Crippen LogP contribution in [-0.2, 0) is 14.4 Å². The molecule has 0 aromatic heterocycles. The maximum Gasteiger partial charge on any atom is 0.303 e. The number of ketones is 1. The van der Waals surface area contributed by atoms with E-state index in [1.165, 1.54) is 12.0 Å². The lowest BCUT2D eigenvalue weighted by Gasteiger charge is -2.26. The van der Waals surface area contributed by atoms with E-state index in [1.54, 1.807) is 48.5 Å². The molecule has 2 aromatic carbocycles. The summed E-state index contributed by atoms with van der Waals surface area (Å²) < 4.78 is 5.46. The van der Waals surface area contributed by atoms with Crippen LogP contribution in [-0.4, -0.2) is 46.4 Å². The fourth-order valence-corrected chi connectivity index (χ4v) is 3.95. The Morgan fingerprint density at radius 2 is 1.72 bits per heavy atom. The number of ether oxygens (including phenoxy) is 1. The molecule has 1 fully saturated rings. The van der Waals surface area contributed by atoms with Gasteiger partial charge in [-0.05, 0) is 43.2 Å². The zero-order chi connectivity index (χ0) is 23.3. The van der Waals surface area contributed by atoms with Crippen molar-refractivity contribution in [3.8, 4) is 5.75 Å². The van der Waals surface area contributed by atoms with Gasteiger partial charge in [-0.15, -0.1) is 0 Å². The molecule has 8 heteroatoms. The highest BCUT2D eigenvalue weighted by Gasteiger charge is 2.46. The van der Waals surface area contributed by atoms with Crippen molar-refractivity contribution >= 4 is 35.0 Å². The maximum absolute atomic E-state index is 13.0. The first kappa shape index (κ1) is 23.3. The van der Waals surface area contributed by atoms with Crippen LogP contribution in [0.2, 0.25) is 5.02 Å². The van der Waals surface area contributed by atoms with E-state index in [1.807, 2.05) is 0 Å². The molecule has 1 atom stereocenters. The average Bonchev–Trinajstić information content (AvgIpc) is 3.03. The van der Waals surface area contributed by atoms with Gasteiger partial charge in [-0.1, -0.05) is 36.2 Å². The summed E-state index contributed by atoms with van der Waals surface area (Å²) in [6.45, 7) is 0.240. The number of carboxylic acid groups (broad SMARTS) is 1. The largest absolute Gasteiger partial charge is 0.507 e. The number of aliphatic hydroxyl groups is 1. The summed E-state index contributed by atoms with van der Waals surface area (Å²) in [6.07, 6.45) is 1.63. The highest BCUT2D eigenvalue weighted by Crippen LogP contribution is 2.42. The average molecular weight is 458 g/mol. The molecule has 0 aliphatic carbocycles. The molecule has 32 heavy (non-hydrogen) atoms. The predicted octanol–water partition coefficient (Wildman–Crippen LogP) is 4.42. The molecule has 0 spiro atoms. The van der Waals surface area contributed by atoms with Crippen molar-refractivity contribution < 1.29 is 29.3 Å². The first-order chi connectivity index (χ1) is 15.3. The van der Waals surface area contributed by atoms with Gasteiger partial charge in [0.1, 0.15) is 11.5 Å². The van der Waals surface area contributed by atoms with Gasteiger partial charge >= 0.3 is 5.97 Å². The molecule has 0 saturated carbocycles. The highest BCUT2D eigenvalue weighted by molar-refractivity contribution is 6.46. The Kier molecular flexibility index (Phi) is 7.53. The third kappa shape index (κ3) is 4.94. The van der Waals surface area contributed by atoms with Gasteiger partial charge in [0.25, 0.3) is 11.7 Å². The minimum absolute atomic E-state index is 0.0210. The number of halogens is 1. The Balaban J connectivity index is 2.02. The zero-order valence-electron chi connectivity index (χ0n) is 17.6. The van der Waals surface area contributed by atoms with E-state index in [0.29, 0.717) is 41.2 Å². The topological polar surface area (TPSA) is 104 Å². The number of likely N-dealkylation sites (tertiary alicyclic amines) is 1. The van der Waals surface area contributed by atoms with Gasteiger partial charge in [-0.25, -0.2) is 0 Å². The summed E-state index contributed by atoms with van der Waals surface area (Å²) in [5.74, 6) is -2.17. The second-order valence-corrected chi connectivity index (χ2v) is 7.88. The van der Waals surface area contributed by atoms with E-state index in [4.69, 9.17) is 21.4 Å². The molecule has 1 heterocycles. The summed E-state index contributed by atoms with van der Waals surface area (Å²) in [6, 6.07) is 12.5. The number of hydrogen-bond donors (Lipinski definition) is 2. The Morgan fingerprint density at radius 3 is 2.38 bits per heavy atom. The number of carbonyl (C=O) groups is 3. The van der Waals surface area contributed by atoms with Crippen LogP contribution in [0, 0.1) is 0 Å². The highest BCUT2D eigenvalue weighted by atomic mass is 35.5. The SMILES string of the molecule is COc1ccccc1C1/C(=C(\O)c2ccc(Cl)cc2)C(=O)C(=O)N1CCCCCC(=O)O. The van der Waals surface area contributed by atoms with Crippen LogP contribution in [0.25, 0.3) is 5.76 Å². The molecule has 2 aromatic rings. The van der Waals surface area contributed by atoms with E-state index in [2.05, 4.69) is 0 Å². The lowest BCUT2D eigenvalue weighted by Crippen LogP contribution is -2.31. The molecule has 0 bridgehead atoms. The molecule has 7 nitrogen and oxygen atoms in total. The molecule has 0 radical (unpaired) electrons. The van der Waals surface area contributed by atoms with Crippen LogP contribution < -0.4 is 4.74 Å². The number of para-hydroxylation sites is 1. The van der Waals surface area contributed by atoms with Crippen LogP contribution in [0.3, 0.4) is 0 Å². The van der Waals surface area contributed by atoms with E-state index in [9.17, 15) is 19.5 Å². The smallest absolute Gasteiger partial charge is 0.303 e. The molecule has 2 N–H and O–H groups in total. The summed E-state index contributed by atoms with van der Waals surface area (Å²) in [7, 11) is 1.50. The van der Waals surface area contributed by atoms with E-state index < -0.39 is 23.7 Å². The Labute approximate surface area is 190 Å². The maximum atomic E-state index is 13.0. The lowest BCUT2D eigenvalue weighted by atomic mass is 9.94. The second-order valence-electron chi connectivity index (χ2n) is 7.45. The fourth-order valence-electron chi connectivity index (χ4n) is 3.82. The first-order valence-corrected chi connectivity index (χ1v) is 10.6. The van der Waals surface area contributed by atoms with E-state index in [-0.39, 0.29) is 24.3 Å². The predicted molar refractivity (Wildman–Crippen MR) is 120 cm³/mol. The van der Waals surface area contributed by atoms with Crippen LogP contribution in [0.5, 0.6) is 5.75 Å². The van der Waals surface area contributed by atoms with Gasteiger partial charge < -0.3 is 19.8 Å². The number of aliphatic hydroxyl groups excluding tert-OH is 1. The number of carboxylic acids is 1. The third-order valence-corrected chi connectivity index (χ3v) is 5.63. The van der Waals surface area contributed by atoms with E-state index >= 15 is 0 Å². The number of benzene rings is 2. The van der Waals surface area contributed by atoms with Crippen molar-refractivity contribution in [1.82, 2.24) is 4.90 Å². The molecule has 3 rings (SSSR count). The Hall–Kier alpha value is -3.32. The zero-order valence-corrected chi connectivity index (χ0v) is 18.3. The van der Waals surface area contributed by atoms with Crippen LogP contribution in [0.1, 0.15) is 42.9 Å². The van der Waals surface area contributed by atoms with Gasteiger partial charge in [0.05, 0.1) is 18.7 Å². The molecular weight excluding hydrogens is 434 g/mol. The first-order valence-electron chi connectivity index (χ1n) is 10.2. The van der Waals surface area contributed by atoms with Crippen LogP contribution >= 0.6 is 11.6 Å². The van der Waals surface area contributed by atoms with Crippen molar-refractivity contribution in [2.24, 2.45) is 0 Å². The number of aliphatic carboxylic acids is 1. The van der Waals surface area contributed by atoms with E-state index in [0.717, 1.165) is 0 Å². The molecule has 1 unspecified atom stereocenters. The summed E-state index contributed by atoms with van der Waals surface area (Å²) >= 11 is 5.94. The van der Waals surface area contributed by atoms with Gasteiger partial charge in [-0.2, -0.15) is 0 Å². The summed E-state index contributed by atoms with van der Waals surface area (Å²) in [5.41, 5.74) is 0.927. The fraction of sp³-hybridized carbons (Fsp3) is 0.292. The van der Waals surface area contributed by atoms with Crippen LogP contribution in [0.15, 0.2) is 54.1 Å². The monoisotopic (exact) mass is 457 g/mol. The molecule has 1 saturated heterocycles. The lowest BCUT2D eigenvalue weighted by molar-refractivity contribution is -0.140. The Morgan fingerprint density at radius 1 is 1.03 bits per heavy atom. The number of nitrogens with zero attached hydrogens (tertiary/aromatic N) is 1. The molecule has 1 aliphatic heterocycles. The van der Waals surface area contributed by atoms with Crippen molar-refractivity contribution in [3.63, 3.8) is 0 Å². The second kappa shape index (κ2) is 10.3. The normalized spacial score (nSPS) is 17.6. The number of carbonyl (C=O) groups excluding carboxylic acids is 2. The molecule has 1 aliphatic rings.